The van der Waals surface area contributed by atoms with Crippen LogP contribution in [0, 0.1) is 0 Å². The third-order valence-electron chi connectivity index (χ3n) is 8.04. The fourth-order valence-electron chi connectivity index (χ4n) is 5.72. The summed E-state index contributed by atoms with van der Waals surface area (Å²) >= 11 is 0. The lowest BCUT2D eigenvalue weighted by Gasteiger charge is -2.52. The number of nitrogens with one attached hydrogen (secondary N) is 1. The third kappa shape index (κ3) is 7.06. The molecule has 1 N–H and O–H groups in total. The average Bonchev–Trinajstić information content (AvgIpc) is 3.43. The molecular formula is C34H32F3N3O6. The lowest BCUT2D eigenvalue weighted by atomic mass is 9.87. The Morgan fingerprint density at radius 2 is 1.72 bits per heavy atom. The number of esters is 1. The van der Waals surface area contributed by atoms with Crippen molar-refractivity contribution in [1.82, 2.24) is 15.1 Å². The van der Waals surface area contributed by atoms with Crippen LogP contribution in [0.25, 0.3) is 6.08 Å². The van der Waals surface area contributed by atoms with E-state index in [0.717, 1.165) is 23.3 Å². The minimum atomic E-state index is -4.56. The Balaban J connectivity index is 1.45. The zero-order chi connectivity index (χ0) is 32.8. The molecule has 240 valence electrons. The molecule has 0 radical (unpaired) electrons. The number of amides is 3. The van der Waals surface area contributed by atoms with Gasteiger partial charge in [-0.15, -0.1) is 0 Å². The van der Waals surface area contributed by atoms with Crippen molar-refractivity contribution in [1.29, 1.82) is 0 Å². The van der Waals surface area contributed by atoms with Gasteiger partial charge in [0.05, 0.1) is 24.8 Å². The van der Waals surface area contributed by atoms with E-state index in [4.69, 9.17) is 9.47 Å². The highest BCUT2D eigenvalue weighted by Gasteiger charge is 2.58. The van der Waals surface area contributed by atoms with E-state index in [9.17, 15) is 32.3 Å². The van der Waals surface area contributed by atoms with E-state index < -0.39 is 59.8 Å². The number of ether oxygens (including phenoxy) is 2. The van der Waals surface area contributed by atoms with Crippen LogP contribution in [-0.2, 0) is 36.6 Å². The van der Waals surface area contributed by atoms with Crippen molar-refractivity contribution in [3.05, 3.63) is 113 Å². The van der Waals surface area contributed by atoms with Gasteiger partial charge in [-0.3, -0.25) is 19.3 Å². The summed E-state index contributed by atoms with van der Waals surface area (Å²) in [6, 6.07) is 19.3. The Bertz CT molecular complexity index is 1600. The van der Waals surface area contributed by atoms with Crippen LogP contribution in [0.15, 0.2) is 91.0 Å². The number of alkyl halides is 3. The fraction of sp³-hybridized carbons (Fsp3) is 0.294. The summed E-state index contributed by atoms with van der Waals surface area (Å²) in [7, 11) is 1.20. The van der Waals surface area contributed by atoms with Gasteiger partial charge in [0.15, 0.2) is 0 Å². The van der Waals surface area contributed by atoms with Crippen LogP contribution in [0.4, 0.5) is 18.0 Å². The Morgan fingerprint density at radius 1 is 1.02 bits per heavy atom. The minimum absolute atomic E-state index is 0.0327. The Morgan fingerprint density at radius 3 is 2.39 bits per heavy atom. The molecule has 2 fully saturated rings. The van der Waals surface area contributed by atoms with Crippen LogP contribution < -0.4 is 5.32 Å². The van der Waals surface area contributed by atoms with E-state index in [1.807, 2.05) is 60.7 Å². The second-order valence-electron chi connectivity index (χ2n) is 10.9. The highest BCUT2D eigenvalue weighted by Crippen LogP contribution is 2.39. The minimum Gasteiger partial charge on any atom is -0.469 e. The van der Waals surface area contributed by atoms with Gasteiger partial charge >= 0.3 is 18.2 Å². The van der Waals surface area contributed by atoms with Crippen LogP contribution in [0.2, 0.25) is 0 Å². The monoisotopic (exact) mass is 635 g/mol. The number of nitrogens with zero attached hydrogens (tertiary/aromatic N) is 2. The summed E-state index contributed by atoms with van der Waals surface area (Å²) in [6.45, 7) is -0.215. The standard InChI is InChI=1S/C34H32F3N3O6/c1-45-29(41)18-17-27(31(42)38-20-23-11-8-14-25(19-23)34(35,36)37)39-26(16-15-22-9-4-2-5-10-22)30(32(39)43)40-28(21-46-33(40)44)24-12-6-3-7-13-24/h2-16,19,26-28,30H,17-18,20-21H2,1H3,(H,38,42)/t26?,27?,28-,30?/m1/s1. The Kier molecular flexibility index (Phi) is 9.74. The van der Waals surface area contributed by atoms with Crippen LogP contribution in [-0.4, -0.2) is 65.5 Å². The lowest BCUT2D eigenvalue weighted by Crippen LogP contribution is -2.74. The second kappa shape index (κ2) is 13.9. The SMILES string of the molecule is COC(=O)CCC(C(=O)NCc1cccc(C(F)(F)F)c1)N1C(=O)C(N2C(=O)OC[C@@H]2c2ccccc2)C1C=Cc1ccccc1. The number of methoxy groups -OCH3 is 1. The summed E-state index contributed by atoms with van der Waals surface area (Å²) < 4.78 is 49.9. The molecule has 9 nitrogen and oxygen atoms in total. The Hall–Kier alpha value is -5.13. The molecule has 4 atom stereocenters. The zero-order valence-corrected chi connectivity index (χ0v) is 24.9. The molecule has 5 rings (SSSR count). The summed E-state index contributed by atoms with van der Waals surface area (Å²) in [5.41, 5.74) is 0.920. The van der Waals surface area contributed by atoms with Crippen molar-refractivity contribution in [3.63, 3.8) is 0 Å². The first-order valence-electron chi connectivity index (χ1n) is 14.6. The third-order valence-corrected chi connectivity index (χ3v) is 8.04. The van der Waals surface area contributed by atoms with Crippen molar-refractivity contribution < 1.29 is 41.8 Å². The average molecular weight is 636 g/mol. The van der Waals surface area contributed by atoms with Gasteiger partial charge in [0, 0.05) is 13.0 Å². The van der Waals surface area contributed by atoms with E-state index >= 15 is 0 Å². The summed E-state index contributed by atoms with van der Waals surface area (Å²) in [6.07, 6.45) is -2.07. The van der Waals surface area contributed by atoms with E-state index in [-0.39, 0.29) is 31.6 Å². The molecule has 0 spiro atoms. The van der Waals surface area contributed by atoms with Crippen molar-refractivity contribution in [3.8, 4) is 0 Å². The normalized spacial score (nSPS) is 20.3. The maximum atomic E-state index is 14.0. The van der Waals surface area contributed by atoms with Crippen LogP contribution >= 0.6 is 0 Å². The second-order valence-corrected chi connectivity index (χ2v) is 10.9. The molecule has 2 aliphatic heterocycles. The van der Waals surface area contributed by atoms with E-state index in [2.05, 4.69) is 5.32 Å². The van der Waals surface area contributed by atoms with Crippen molar-refractivity contribution in [2.75, 3.05) is 13.7 Å². The van der Waals surface area contributed by atoms with Gasteiger partial charge in [-0.1, -0.05) is 84.9 Å². The van der Waals surface area contributed by atoms with Gasteiger partial charge < -0.3 is 19.7 Å². The number of carbonyl (C=O) groups is 4. The van der Waals surface area contributed by atoms with E-state index in [1.54, 1.807) is 12.2 Å². The van der Waals surface area contributed by atoms with Gasteiger partial charge in [0.25, 0.3) is 0 Å². The molecule has 12 heteroatoms. The smallest absolute Gasteiger partial charge is 0.416 e. The number of likely N-dealkylation sites (tertiary alicyclic amines) is 1. The maximum absolute atomic E-state index is 14.0. The highest BCUT2D eigenvalue weighted by molar-refractivity contribution is 5.98. The largest absolute Gasteiger partial charge is 0.469 e. The van der Waals surface area contributed by atoms with Crippen molar-refractivity contribution >= 4 is 30.0 Å². The molecule has 2 saturated heterocycles. The number of halogens is 3. The molecule has 3 aromatic rings. The van der Waals surface area contributed by atoms with Gasteiger partial charge in [-0.2, -0.15) is 13.2 Å². The summed E-state index contributed by atoms with van der Waals surface area (Å²) in [4.78, 5) is 55.5. The highest BCUT2D eigenvalue weighted by atomic mass is 19.4. The molecule has 0 bridgehead atoms. The summed E-state index contributed by atoms with van der Waals surface area (Å²) in [5, 5.41) is 2.63. The van der Waals surface area contributed by atoms with E-state index in [1.165, 1.54) is 29.0 Å². The first-order valence-corrected chi connectivity index (χ1v) is 14.6. The molecule has 0 saturated carbocycles. The summed E-state index contributed by atoms with van der Waals surface area (Å²) in [5.74, 6) is -1.81. The van der Waals surface area contributed by atoms with Gasteiger partial charge in [0.2, 0.25) is 11.8 Å². The number of cyclic esters (lactones) is 1. The number of benzene rings is 3. The molecular weight excluding hydrogens is 603 g/mol. The van der Waals surface area contributed by atoms with Crippen molar-refractivity contribution in [2.45, 2.75) is 49.7 Å². The molecule has 3 unspecified atom stereocenters. The molecule has 2 heterocycles. The van der Waals surface area contributed by atoms with Crippen LogP contribution in [0.5, 0.6) is 0 Å². The first-order chi connectivity index (χ1) is 22.1. The zero-order valence-electron chi connectivity index (χ0n) is 24.9. The predicted molar refractivity (Wildman–Crippen MR) is 161 cm³/mol. The van der Waals surface area contributed by atoms with Gasteiger partial charge in [-0.05, 0) is 35.2 Å². The lowest BCUT2D eigenvalue weighted by molar-refractivity contribution is -0.163. The predicted octanol–water partition coefficient (Wildman–Crippen LogP) is 5.13. The maximum Gasteiger partial charge on any atom is 0.416 e. The number of rotatable bonds is 11. The molecule has 0 aromatic heterocycles. The fourth-order valence-corrected chi connectivity index (χ4v) is 5.72. The number of β-lactam (4-membered cyclic amide) rings is 1. The molecule has 0 aliphatic carbocycles. The Labute approximate surface area is 263 Å². The first kappa shape index (κ1) is 32.3. The molecule has 3 amide bonds. The van der Waals surface area contributed by atoms with Crippen LogP contribution in [0.3, 0.4) is 0 Å². The van der Waals surface area contributed by atoms with Gasteiger partial charge in [0.1, 0.15) is 18.7 Å². The number of hydrogen-bond donors (Lipinski definition) is 1. The quantitative estimate of drug-likeness (QED) is 0.232. The molecule has 2 aliphatic rings. The molecule has 46 heavy (non-hydrogen) atoms. The van der Waals surface area contributed by atoms with Crippen molar-refractivity contribution in [2.24, 2.45) is 0 Å². The molecule has 3 aromatic carbocycles. The van der Waals surface area contributed by atoms with Gasteiger partial charge in [-0.25, -0.2) is 4.79 Å². The number of hydrogen-bond acceptors (Lipinski definition) is 6. The number of carbonyl (C=O) groups excluding carboxylic acids is 4. The van der Waals surface area contributed by atoms with E-state index in [0.29, 0.717) is 0 Å². The van der Waals surface area contributed by atoms with Crippen LogP contribution in [0.1, 0.15) is 41.1 Å². The topological polar surface area (TPSA) is 105 Å².